The number of carboxylic acid groups (broad SMARTS) is 1. The third-order valence-electron chi connectivity index (χ3n) is 7.92. The summed E-state index contributed by atoms with van der Waals surface area (Å²) < 4.78 is 49.6. The Morgan fingerprint density at radius 1 is 1.09 bits per heavy atom. The first-order chi connectivity index (χ1) is 19.9. The first kappa shape index (κ1) is 31.8. The molecule has 1 aliphatic rings. The molecule has 1 unspecified atom stereocenters. The number of carbonyl (C=O) groups excluding carboxylic acids is 1. The summed E-state index contributed by atoms with van der Waals surface area (Å²) in [6.07, 6.45) is -3.36. The number of hydrogen-bond donors (Lipinski definition) is 2. The number of halogens is 3. The second kappa shape index (κ2) is 11.2. The van der Waals surface area contributed by atoms with E-state index in [1.807, 2.05) is 45.9 Å². The summed E-state index contributed by atoms with van der Waals surface area (Å²) in [7, 11) is 0. The summed E-state index contributed by atoms with van der Waals surface area (Å²) in [6.45, 7) is 11.2. The first-order valence-electron chi connectivity index (χ1n) is 13.9. The molecule has 232 valence electrons. The molecule has 0 bridgehead atoms. The van der Waals surface area contributed by atoms with Crippen molar-refractivity contribution < 1.29 is 32.4 Å². The van der Waals surface area contributed by atoms with E-state index >= 15 is 0 Å². The van der Waals surface area contributed by atoms with Gasteiger partial charge >= 0.3 is 12.3 Å². The fraction of sp³-hybridized carbons (Fsp3) is 0.500. The highest BCUT2D eigenvalue weighted by Gasteiger charge is 2.68. The van der Waals surface area contributed by atoms with Crippen molar-refractivity contribution in [3.05, 3.63) is 59.5 Å². The van der Waals surface area contributed by atoms with E-state index in [0.29, 0.717) is 22.0 Å². The standard InChI is InChI=1S/C30H37F3N6O4/c1-18-14-19(8-9-20(18)15-35-24(40)23-36-25(43-37-23)27(2,3)4)21-10-11-34-16-22(21)38-12-13-39(26(41)42)29(17-38,28(5,6)7)30(31,32)33/h8-11,14,16H,12-13,15,17H2,1-7H3,(H,35,40)(H,41,42). The van der Waals surface area contributed by atoms with Crippen molar-refractivity contribution in [3.63, 3.8) is 0 Å². The van der Waals surface area contributed by atoms with Crippen LogP contribution >= 0.6 is 0 Å². The fourth-order valence-electron chi connectivity index (χ4n) is 5.45. The van der Waals surface area contributed by atoms with Crippen LogP contribution in [0.1, 0.15) is 69.2 Å². The zero-order valence-electron chi connectivity index (χ0n) is 25.3. The number of pyridine rings is 1. The Morgan fingerprint density at radius 3 is 2.35 bits per heavy atom. The number of aryl methyl sites for hydroxylation is 1. The van der Waals surface area contributed by atoms with Gasteiger partial charge in [0.25, 0.3) is 11.7 Å². The van der Waals surface area contributed by atoms with Crippen molar-refractivity contribution in [2.45, 2.75) is 72.1 Å². The Kier molecular flexibility index (Phi) is 8.24. The fourth-order valence-corrected chi connectivity index (χ4v) is 5.45. The van der Waals surface area contributed by atoms with Gasteiger partial charge in [-0.1, -0.05) is 64.9 Å². The molecule has 2 N–H and O–H groups in total. The molecule has 0 aliphatic carbocycles. The second-order valence-electron chi connectivity index (χ2n) is 12.9. The normalized spacial score (nSPS) is 18.1. The molecule has 1 aromatic carbocycles. The molecule has 1 atom stereocenters. The number of amides is 2. The lowest BCUT2D eigenvalue weighted by Gasteiger charge is -2.56. The van der Waals surface area contributed by atoms with E-state index < -0.39 is 41.1 Å². The van der Waals surface area contributed by atoms with Crippen molar-refractivity contribution in [2.24, 2.45) is 5.41 Å². The van der Waals surface area contributed by atoms with Crippen LogP contribution in [0.2, 0.25) is 0 Å². The number of hydrogen-bond acceptors (Lipinski definition) is 7. The highest BCUT2D eigenvalue weighted by molar-refractivity contribution is 5.90. The minimum absolute atomic E-state index is 0.0613. The van der Waals surface area contributed by atoms with E-state index in [-0.39, 0.29) is 25.5 Å². The van der Waals surface area contributed by atoms with Gasteiger partial charge in [0, 0.05) is 36.8 Å². The van der Waals surface area contributed by atoms with Gasteiger partial charge in [0.05, 0.1) is 18.4 Å². The average Bonchev–Trinajstić information content (AvgIpc) is 3.42. The number of piperazine rings is 1. The van der Waals surface area contributed by atoms with E-state index in [4.69, 9.17) is 4.52 Å². The lowest BCUT2D eigenvalue weighted by Crippen LogP contribution is -2.75. The van der Waals surface area contributed by atoms with Crippen molar-refractivity contribution >= 4 is 17.7 Å². The first-order valence-corrected chi connectivity index (χ1v) is 13.9. The summed E-state index contributed by atoms with van der Waals surface area (Å²) >= 11 is 0. The molecule has 10 nitrogen and oxygen atoms in total. The quantitative estimate of drug-likeness (QED) is 0.375. The van der Waals surface area contributed by atoms with Gasteiger partial charge < -0.3 is 19.8 Å². The zero-order chi connectivity index (χ0) is 32.0. The van der Waals surface area contributed by atoms with Crippen molar-refractivity contribution in [1.29, 1.82) is 0 Å². The third-order valence-corrected chi connectivity index (χ3v) is 7.92. The number of anilines is 1. The molecule has 43 heavy (non-hydrogen) atoms. The van der Waals surface area contributed by atoms with Gasteiger partial charge in [-0.2, -0.15) is 18.2 Å². The van der Waals surface area contributed by atoms with Crippen LogP contribution in [-0.4, -0.2) is 68.5 Å². The number of rotatable bonds is 5. The highest BCUT2D eigenvalue weighted by Crippen LogP contribution is 2.50. The molecule has 2 aromatic heterocycles. The van der Waals surface area contributed by atoms with E-state index in [1.165, 1.54) is 27.0 Å². The molecule has 2 amide bonds. The molecule has 4 rings (SSSR count). The maximum absolute atomic E-state index is 14.8. The van der Waals surface area contributed by atoms with Crippen LogP contribution in [0.3, 0.4) is 0 Å². The van der Waals surface area contributed by atoms with E-state index in [0.717, 1.165) is 16.7 Å². The van der Waals surface area contributed by atoms with E-state index in [1.54, 1.807) is 17.2 Å². The number of aromatic nitrogens is 3. The third kappa shape index (κ3) is 6.02. The van der Waals surface area contributed by atoms with Gasteiger partial charge in [-0.15, -0.1) is 0 Å². The predicted octanol–water partition coefficient (Wildman–Crippen LogP) is 5.81. The van der Waals surface area contributed by atoms with Crippen LogP contribution in [0.25, 0.3) is 11.1 Å². The molecule has 0 saturated carbocycles. The Labute approximate surface area is 248 Å². The van der Waals surface area contributed by atoms with Crippen LogP contribution in [0, 0.1) is 12.3 Å². The molecule has 3 aromatic rings. The molecule has 3 heterocycles. The zero-order valence-corrected chi connectivity index (χ0v) is 25.3. The topological polar surface area (TPSA) is 125 Å². The van der Waals surface area contributed by atoms with Crippen LogP contribution in [0.4, 0.5) is 23.7 Å². The number of alkyl halides is 3. The number of benzene rings is 1. The molecule has 13 heteroatoms. The largest absolute Gasteiger partial charge is 0.465 e. The SMILES string of the molecule is Cc1cc(-c2ccncc2N2CCN(C(=O)O)C(C(C)(C)C)(C(F)(F)F)C2)ccc1CNC(=O)c1noc(C(C)(C)C)n1. The van der Waals surface area contributed by atoms with Gasteiger partial charge in [-0.3, -0.25) is 14.7 Å². The molecular weight excluding hydrogens is 565 g/mol. The lowest BCUT2D eigenvalue weighted by atomic mass is 9.70. The molecular formula is C30H37F3N6O4. The van der Waals surface area contributed by atoms with Crippen LogP contribution < -0.4 is 10.2 Å². The van der Waals surface area contributed by atoms with Crippen molar-refractivity contribution in [1.82, 2.24) is 25.3 Å². The molecule has 1 saturated heterocycles. The summed E-state index contributed by atoms with van der Waals surface area (Å²) in [4.78, 5) is 35.1. The Balaban J connectivity index is 1.60. The molecule has 1 fully saturated rings. The van der Waals surface area contributed by atoms with E-state index in [2.05, 4.69) is 20.4 Å². The molecule has 0 radical (unpaired) electrons. The highest BCUT2D eigenvalue weighted by atomic mass is 19.4. The van der Waals surface area contributed by atoms with Gasteiger partial charge in [-0.25, -0.2) is 4.79 Å². The second-order valence-corrected chi connectivity index (χ2v) is 12.9. The van der Waals surface area contributed by atoms with Gasteiger partial charge in [0.1, 0.15) is 0 Å². The van der Waals surface area contributed by atoms with Crippen LogP contribution in [-0.2, 0) is 12.0 Å². The van der Waals surface area contributed by atoms with Crippen LogP contribution in [0.5, 0.6) is 0 Å². The summed E-state index contributed by atoms with van der Waals surface area (Å²) in [6, 6.07) is 7.28. The van der Waals surface area contributed by atoms with Gasteiger partial charge in [0.2, 0.25) is 5.89 Å². The summed E-state index contributed by atoms with van der Waals surface area (Å²) in [5.74, 6) is -0.189. The van der Waals surface area contributed by atoms with Crippen molar-refractivity contribution in [3.8, 4) is 11.1 Å². The minimum atomic E-state index is -4.83. The maximum atomic E-state index is 14.8. The van der Waals surface area contributed by atoms with Gasteiger partial charge in [0.15, 0.2) is 5.54 Å². The summed E-state index contributed by atoms with van der Waals surface area (Å²) in [5.41, 5.74) is -0.960. The predicted molar refractivity (Wildman–Crippen MR) is 154 cm³/mol. The Hall–Kier alpha value is -4.16. The monoisotopic (exact) mass is 602 g/mol. The lowest BCUT2D eigenvalue weighted by molar-refractivity contribution is -0.257. The molecule has 0 spiro atoms. The average molecular weight is 603 g/mol. The summed E-state index contributed by atoms with van der Waals surface area (Å²) in [5, 5.41) is 16.3. The minimum Gasteiger partial charge on any atom is -0.465 e. The molecule has 1 aliphatic heterocycles. The Morgan fingerprint density at radius 2 is 1.79 bits per heavy atom. The number of carbonyl (C=O) groups is 2. The van der Waals surface area contributed by atoms with Crippen molar-refractivity contribution in [2.75, 3.05) is 24.5 Å². The smallest absolute Gasteiger partial charge is 0.414 e. The van der Waals surface area contributed by atoms with E-state index in [9.17, 15) is 27.9 Å². The van der Waals surface area contributed by atoms with Crippen LogP contribution in [0.15, 0.2) is 41.2 Å². The number of nitrogens with one attached hydrogen (secondary N) is 1. The Bertz CT molecular complexity index is 1490. The van der Waals surface area contributed by atoms with Gasteiger partial charge in [-0.05, 0) is 35.1 Å². The maximum Gasteiger partial charge on any atom is 0.414 e. The number of nitrogens with zero attached hydrogens (tertiary/aromatic N) is 5.